The highest BCUT2D eigenvalue weighted by molar-refractivity contribution is 9.10. The van der Waals surface area contributed by atoms with Crippen LogP contribution < -0.4 is 5.32 Å². The van der Waals surface area contributed by atoms with E-state index in [1.165, 1.54) is 4.90 Å². The minimum atomic E-state index is -0.556. The van der Waals surface area contributed by atoms with Gasteiger partial charge in [0.2, 0.25) is 11.8 Å². The summed E-state index contributed by atoms with van der Waals surface area (Å²) in [6.07, 6.45) is 0. The van der Waals surface area contributed by atoms with Crippen molar-refractivity contribution in [2.24, 2.45) is 0 Å². The maximum atomic E-state index is 11.9. The van der Waals surface area contributed by atoms with Crippen molar-refractivity contribution in [3.63, 3.8) is 0 Å². The Bertz CT molecular complexity index is 430. The summed E-state index contributed by atoms with van der Waals surface area (Å²) in [6.45, 7) is 0.131. The number of hydrogen-bond acceptors (Lipinski definition) is 2. The molecule has 84 valence electrons. The maximum Gasteiger partial charge on any atom is 0.250 e. The molecule has 1 fully saturated rings. The van der Waals surface area contributed by atoms with Crippen molar-refractivity contribution in [2.45, 2.75) is 6.04 Å². The Morgan fingerprint density at radius 1 is 1.31 bits per heavy atom. The van der Waals surface area contributed by atoms with E-state index in [0.29, 0.717) is 0 Å². The largest absolute Gasteiger partial charge is 0.339 e. The van der Waals surface area contributed by atoms with Gasteiger partial charge in [-0.2, -0.15) is 0 Å². The lowest BCUT2D eigenvalue weighted by atomic mass is 10.0. The number of nitrogens with zero attached hydrogens (tertiary/aromatic N) is 1. The van der Waals surface area contributed by atoms with Gasteiger partial charge >= 0.3 is 0 Å². The van der Waals surface area contributed by atoms with Crippen LogP contribution in [-0.4, -0.2) is 30.3 Å². The van der Waals surface area contributed by atoms with Crippen LogP contribution >= 0.6 is 15.9 Å². The standard InChI is InChI=1S/C11H11BrN2O2/c1-14-6-9(15)13-10(11(14)16)7-2-4-8(12)5-3-7/h2-5,10H,6H2,1H3,(H,13,15). The van der Waals surface area contributed by atoms with Gasteiger partial charge in [-0.05, 0) is 17.7 Å². The maximum absolute atomic E-state index is 11.9. The first-order valence-corrected chi connectivity index (χ1v) is 5.67. The number of carbonyl (C=O) groups is 2. The topological polar surface area (TPSA) is 49.4 Å². The number of carbonyl (C=O) groups excluding carboxylic acids is 2. The van der Waals surface area contributed by atoms with Crippen molar-refractivity contribution in [1.82, 2.24) is 10.2 Å². The van der Waals surface area contributed by atoms with Gasteiger partial charge in [-0.1, -0.05) is 28.1 Å². The molecule has 0 saturated carbocycles. The summed E-state index contributed by atoms with van der Waals surface area (Å²) in [7, 11) is 1.63. The third-order valence-corrected chi connectivity index (χ3v) is 3.04. The molecule has 0 aliphatic carbocycles. The third kappa shape index (κ3) is 2.09. The number of benzene rings is 1. The van der Waals surface area contributed by atoms with Crippen LogP contribution in [0.2, 0.25) is 0 Å². The van der Waals surface area contributed by atoms with Crippen molar-refractivity contribution in [1.29, 1.82) is 0 Å². The number of amides is 2. The highest BCUT2D eigenvalue weighted by Gasteiger charge is 2.31. The average Bonchev–Trinajstić information content (AvgIpc) is 2.25. The SMILES string of the molecule is CN1CC(=O)NC(c2ccc(Br)cc2)C1=O. The molecule has 2 rings (SSSR count). The summed E-state index contributed by atoms with van der Waals surface area (Å²) < 4.78 is 0.944. The zero-order valence-corrected chi connectivity index (χ0v) is 10.3. The van der Waals surface area contributed by atoms with E-state index >= 15 is 0 Å². The first kappa shape index (κ1) is 11.1. The van der Waals surface area contributed by atoms with Crippen molar-refractivity contribution < 1.29 is 9.59 Å². The molecule has 0 radical (unpaired) electrons. The average molecular weight is 283 g/mol. The van der Waals surface area contributed by atoms with E-state index in [9.17, 15) is 9.59 Å². The van der Waals surface area contributed by atoms with Crippen molar-refractivity contribution in [2.75, 3.05) is 13.6 Å². The summed E-state index contributed by atoms with van der Waals surface area (Å²) in [5.74, 6) is -0.211. The summed E-state index contributed by atoms with van der Waals surface area (Å²) in [4.78, 5) is 24.6. The van der Waals surface area contributed by atoms with Crippen LogP contribution in [0.25, 0.3) is 0 Å². The molecule has 1 saturated heterocycles. The molecule has 16 heavy (non-hydrogen) atoms. The van der Waals surface area contributed by atoms with Crippen molar-refractivity contribution in [3.8, 4) is 0 Å². The molecular formula is C11H11BrN2O2. The van der Waals surface area contributed by atoms with Gasteiger partial charge in [0.15, 0.2) is 0 Å². The van der Waals surface area contributed by atoms with Crippen LogP contribution in [0.5, 0.6) is 0 Å². The lowest BCUT2D eigenvalue weighted by Crippen LogP contribution is -2.51. The molecule has 4 nitrogen and oxygen atoms in total. The zero-order chi connectivity index (χ0) is 11.7. The quantitative estimate of drug-likeness (QED) is 0.838. The molecule has 1 aliphatic heterocycles. The summed E-state index contributed by atoms with van der Waals surface area (Å²) >= 11 is 3.33. The highest BCUT2D eigenvalue weighted by atomic mass is 79.9. The monoisotopic (exact) mass is 282 g/mol. The predicted octanol–water partition coefficient (Wildman–Crippen LogP) is 1.08. The van der Waals surface area contributed by atoms with Gasteiger partial charge in [0.05, 0.1) is 6.54 Å². The zero-order valence-electron chi connectivity index (χ0n) is 8.74. The van der Waals surface area contributed by atoms with Gasteiger partial charge in [0.25, 0.3) is 0 Å². The number of nitrogens with one attached hydrogen (secondary N) is 1. The van der Waals surface area contributed by atoms with Crippen LogP contribution in [0, 0.1) is 0 Å². The number of piperazine rings is 1. The number of hydrogen-bond donors (Lipinski definition) is 1. The van der Waals surface area contributed by atoms with E-state index in [1.54, 1.807) is 7.05 Å². The Labute approximate surface area is 102 Å². The van der Waals surface area contributed by atoms with Gasteiger partial charge in [-0.3, -0.25) is 9.59 Å². The summed E-state index contributed by atoms with van der Waals surface area (Å²) in [6, 6.07) is 6.80. The normalized spacial score (nSPS) is 20.9. The molecule has 1 aliphatic rings. The van der Waals surface area contributed by atoms with Crippen LogP contribution in [-0.2, 0) is 9.59 Å². The second-order valence-corrected chi connectivity index (χ2v) is 4.66. The Morgan fingerprint density at radius 3 is 2.56 bits per heavy atom. The molecule has 2 amide bonds. The van der Waals surface area contributed by atoms with Crippen LogP contribution in [0.3, 0.4) is 0 Å². The van der Waals surface area contributed by atoms with Crippen LogP contribution in [0.1, 0.15) is 11.6 Å². The van der Waals surface area contributed by atoms with E-state index in [2.05, 4.69) is 21.2 Å². The molecule has 1 N–H and O–H groups in total. The van der Waals surface area contributed by atoms with E-state index in [4.69, 9.17) is 0 Å². The molecule has 1 atom stereocenters. The first-order chi connectivity index (χ1) is 7.58. The Kier molecular flexibility index (Phi) is 2.96. The minimum Gasteiger partial charge on any atom is -0.339 e. The van der Waals surface area contributed by atoms with Crippen molar-refractivity contribution in [3.05, 3.63) is 34.3 Å². The highest BCUT2D eigenvalue weighted by Crippen LogP contribution is 2.20. The minimum absolute atomic E-state index is 0.0816. The van der Waals surface area contributed by atoms with E-state index < -0.39 is 6.04 Å². The fourth-order valence-electron chi connectivity index (χ4n) is 1.66. The van der Waals surface area contributed by atoms with Crippen LogP contribution in [0.4, 0.5) is 0 Å². The summed E-state index contributed by atoms with van der Waals surface area (Å²) in [5.41, 5.74) is 0.799. The van der Waals surface area contributed by atoms with E-state index in [0.717, 1.165) is 10.0 Å². The Hall–Kier alpha value is -1.36. The lowest BCUT2D eigenvalue weighted by Gasteiger charge is -2.29. The fraction of sp³-hybridized carbons (Fsp3) is 0.273. The molecule has 1 aromatic carbocycles. The number of halogens is 1. The molecule has 1 heterocycles. The number of likely N-dealkylation sites (N-methyl/N-ethyl adjacent to an activating group) is 1. The number of rotatable bonds is 1. The smallest absolute Gasteiger partial charge is 0.250 e. The first-order valence-electron chi connectivity index (χ1n) is 4.88. The van der Waals surface area contributed by atoms with Crippen LogP contribution in [0.15, 0.2) is 28.7 Å². The van der Waals surface area contributed by atoms with Gasteiger partial charge in [0.1, 0.15) is 6.04 Å². The van der Waals surface area contributed by atoms with Gasteiger partial charge in [-0.25, -0.2) is 0 Å². The molecule has 0 spiro atoms. The molecule has 0 bridgehead atoms. The lowest BCUT2D eigenvalue weighted by molar-refractivity contribution is -0.143. The van der Waals surface area contributed by atoms with Gasteiger partial charge < -0.3 is 10.2 Å². The predicted molar refractivity (Wildman–Crippen MR) is 62.7 cm³/mol. The second kappa shape index (κ2) is 4.25. The molecule has 0 aromatic heterocycles. The molecule has 5 heteroatoms. The van der Waals surface area contributed by atoms with E-state index in [1.807, 2.05) is 24.3 Å². The third-order valence-electron chi connectivity index (χ3n) is 2.51. The molecule has 1 aromatic rings. The van der Waals surface area contributed by atoms with Crippen molar-refractivity contribution >= 4 is 27.7 Å². The Balaban J connectivity index is 2.28. The fourth-order valence-corrected chi connectivity index (χ4v) is 1.93. The molecule has 1 unspecified atom stereocenters. The van der Waals surface area contributed by atoms with Gasteiger partial charge in [-0.15, -0.1) is 0 Å². The Morgan fingerprint density at radius 2 is 1.94 bits per heavy atom. The van der Waals surface area contributed by atoms with Gasteiger partial charge in [0, 0.05) is 11.5 Å². The second-order valence-electron chi connectivity index (χ2n) is 3.75. The molecular weight excluding hydrogens is 272 g/mol. The van der Waals surface area contributed by atoms with E-state index in [-0.39, 0.29) is 18.4 Å². The summed E-state index contributed by atoms with van der Waals surface area (Å²) in [5, 5.41) is 2.69.